The van der Waals surface area contributed by atoms with Gasteiger partial charge in [-0.15, -0.1) is 0 Å². The minimum atomic E-state index is -0.529. The average Bonchev–Trinajstić information content (AvgIpc) is 2.93. The van der Waals surface area contributed by atoms with Gasteiger partial charge in [0.1, 0.15) is 11.9 Å². The summed E-state index contributed by atoms with van der Waals surface area (Å²) in [6, 6.07) is 15.8. The molecule has 2 aromatic heterocycles. The van der Waals surface area contributed by atoms with E-state index >= 15 is 0 Å². The number of benzene rings is 2. The van der Waals surface area contributed by atoms with Crippen molar-refractivity contribution in [3.8, 4) is 17.3 Å². The van der Waals surface area contributed by atoms with E-state index in [1.807, 2.05) is 47.0 Å². The zero-order chi connectivity index (χ0) is 15.1. The van der Waals surface area contributed by atoms with Crippen LogP contribution in [0.1, 0.15) is 5.56 Å². The van der Waals surface area contributed by atoms with Crippen molar-refractivity contribution in [1.29, 1.82) is 5.26 Å². The molecule has 104 valence electrons. The molecule has 0 spiro atoms. The molecule has 4 nitrogen and oxygen atoms in total. The standard InChI is InChI=1S/C17H9FN4/c18-13-6-5-11(9-12(13)10-19)14-7-8-22-16-4-2-1-3-15(16)21-17(22)20-14/h1-9H. The Labute approximate surface area is 125 Å². The third-order valence-electron chi connectivity index (χ3n) is 3.56. The SMILES string of the molecule is N#Cc1cc(-c2ccn3c(n2)nc2ccccc23)ccc1F. The number of fused-ring (bicyclic) bond motifs is 3. The van der Waals surface area contributed by atoms with Crippen molar-refractivity contribution >= 4 is 16.8 Å². The summed E-state index contributed by atoms with van der Waals surface area (Å²) in [4.78, 5) is 8.98. The predicted octanol–water partition coefficient (Wildman–Crippen LogP) is 3.56. The van der Waals surface area contributed by atoms with Gasteiger partial charge in [0, 0.05) is 11.8 Å². The first-order chi connectivity index (χ1) is 10.8. The van der Waals surface area contributed by atoms with E-state index in [0.29, 0.717) is 17.0 Å². The van der Waals surface area contributed by atoms with Crippen LogP contribution in [0.25, 0.3) is 28.1 Å². The zero-order valence-corrected chi connectivity index (χ0v) is 11.4. The van der Waals surface area contributed by atoms with Crippen molar-refractivity contribution in [1.82, 2.24) is 14.4 Å². The molecular formula is C17H9FN4. The second kappa shape index (κ2) is 4.64. The van der Waals surface area contributed by atoms with E-state index in [1.165, 1.54) is 12.1 Å². The summed E-state index contributed by atoms with van der Waals surface area (Å²) in [6.45, 7) is 0. The van der Waals surface area contributed by atoms with E-state index in [9.17, 15) is 4.39 Å². The lowest BCUT2D eigenvalue weighted by Gasteiger charge is -2.03. The Morgan fingerprint density at radius 1 is 1.05 bits per heavy atom. The van der Waals surface area contributed by atoms with Crippen LogP contribution >= 0.6 is 0 Å². The summed E-state index contributed by atoms with van der Waals surface area (Å²) in [7, 11) is 0. The van der Waals surface area contributed by atoms with Crippen LogP contribution in [0.4, 0.5) is 4.39 Å². The van der Waals surface area contributed by atoms with Gasteiger partial charge in [0.25, 0.3) is 0 Å². The molecule has 0 N–H and O–H groups in total. The van der Waals surface area contributed by atoms with Gasteiger partial charge in [0.05, 0.1) is 22.3 Å². The molecule has 5 heteroatoms. The van der Waals surface area contributed by atoms with Crippen molar-refractivity contribution in [2.45, 2.75) is 0 Å². The van der Waals surface area contributed by atoms with Crippen LogP contribution in [0.3, 0.4) is 0 Å². The van der Waals surface area contributed by atoms with Gasteiger partial charge in [-0.05, 0) is 36.4 Å². The number of nitrogens with zero attached hydrogens (tertiary/aromatic N) is 4. The lowest BCUT2D eigenvalue weighted by atomic mass is 10.1. The zero-order valence-electron chi connectivity index (χ0n) is 11.4. The molecule has 0 unspecified atom stereocenters. The molecule has 0 radical (unpaired) electrons. The Morgan fingerprint density at radius 2 is 1.91 bits per heavy atom. The molecule has 0 saturated heterocycles. The highest BCUT2D eigenvalue weighted by atomic mass is 19.1. The molecule has 0 fully saturated rings. The lowest BCUT2D eigenvalue weighted by Crippen LogP contribution is -1.92. The van der Waals surface area contributed by atoms with Crippen molar-refractivity contribution in [3.05, 3.63) is 66.1 Å². The average molecular weight is 288 g/mol. The van der Waals surface area contributed by atoms with Crippen LogP contribution in [-0.2, 0) is 0 Å². The molecule has 0 aliphatic carbocycles. The number of aromatic nitrogens is 3. The highest BCUT2D eigenvalue weighted by Crippen LogP contribution is 2.22. The van der Waals surface area contributed by atoms with E-state index in [2.05, 4.69) is 9.97 Å². The molecule has 0 bridgehead atoms. The number of halogens is 1. The van der Waals surface area contributed by atoms with E-state index < -0.39 is 5.82 Å². The number of imidazole rings is 1. The van der Waals surface area contributed by atoms with Gasteiger partial charge >= 0.3 is 0 Å². The summed E-state index contributed by atoms with van der Waals surface area (Å²) in [5, 5.41) is 8.93. The quantitative estimate of drug-likeness (QED) is 0.538. The molecule has 2 aromatic carbocycles. The first kappa shape index (κ1) is 12.5. The molecule has 0 amide bonds. The maximum atomic E-state index is 13.4. The molecule has 0 aliphatic heterocycles. The number of nitriles is 1. The molecule has 2 heterocycles. The summed E-state index contributed by atoms with van der Waals surface area (Å²) in [6.07, 6.45) is 1.88. The molecule has 0 saturated carbocycles. The fourth-order valence-corrected chi connectivity index (χ4v) is 2.48. The lowest BCUT2D eigenvalue weighted by molar-refractivity contribution is 0.624. The molecule has 0 atom stereocenters. The maximum absolute atomic E-state index is 13.4. The summed E-state index contributed by atoms with van der Waals surface area (Å²) < 4.78 is 15.3. The van der Waals surface area contributed by atoms with Crippen LogP contribution in [0.15, 0.2) is 54.7 Å². The number of para-hydroxylation sites is 2. The van der Waals surface area contributed by atoms with Crippen LogP contribution in [0, 0.1) is 17.1 Å². The third-order valence-corrected chi connectivity index (χ3v) is 3.56. The van der Waals surface area contributed by atoms with Crippen LogP contribution in [0.5, 0.6) is 0 Å². The minimum absolute atomic E-state index is 0.00711. The van der Waals surface area contributed by atoms with Crippen molar-refractivity contribution in [2.24, 2.45) is 0 Å². The Hall–Kier alpha value is -3.26. The number of hydrogen-bond donors (Lipinski definition) is 0. The largest absolute Gasteiger partial charge is 0.284 e. The van der Waals surface area contributed by atoms with Gasteiger partial charge in [-0.3, -0.25) is 4.40 Å². The number of hydrogen-bond acceptors (Lipinski definition) is 3. The van der Waals surface area contributed by atoms with Crippen LogP contribution in [-0.4, -0.2) is 14.4 Å². The first-order valence-corrected chi connectivity index (χ1v) is 6.70. The molecule has 22 heavy (non-hydrogen) atoms. The fourth-order valence-electron chi connectivity index (χ4n) is 2.48. The molecule has 4 aromatic rings. The Bertz CT molecular complexity index is 1060. The smallest absolute Gasteiger partial charge is 0.235 e. The topological polar surface area (TPSA) is 54.0 Å². The van der Waals surface area contributed by atoms with Crippen molar-refractivity contribution in [3.63, 3.8) is 0 Å². The van der Waals surface area contributed by atoms with E-state index in [4.69, 9.17) is 5.26 Å². The molecular weight excluding hydrogens is 279 g/mol. The summed E-state index contributed by atoms with van der Waals surface area (Å²) in [5.41, 5.74) is 3.19. The monoisotopic (exact) mass is 288 g/mol. The third kappa shape index (κ3) is 1.82. The highest BCUT2D eigenvalue weighted by Gasteiger charge is 2.09. The van der Waals surface area contributed by atoms with E-state index in [1.54, 1.807) is 6.07 Å². The van der Waals surface area contributed by atoms with Crippen LogP contribution in [0.2, 0.25) is 0 Å². The fraction of sp³-hybridized carbons (Fsp3) is 0. The Balaban J connectivity index is 1.93. The second-order valence-corrected chi connectivity index (χ2v) is 4.89. The van der Waals surface area contributed by atoms with E-state index in [-0.39, 0.29) is 5.56 Å². The summed E-state index contributed by atoms with van der Waals surface area (Å²) >= 11 is 0. The van der Waals surface area contributed by atoms with Gasteiger partial charge in [0.2, 0.25) is 5.78 Å². The van der Waals surface area contributed by atoms with Gasteiger partial charge in [0.15, 0.2) is 0 Å². The second-order valence-electron chi connectivity index (χ2n) is 4.89. The Morgan fingerprint density at radius 3 is 2.77 bits per heavy atom. The molecule has 0 aliphatic rings. The maximum Gasteiger partial charge on any atom is 0.235 e. The van der Waals surface area contributed by atoms with Gasteiger partial charge in [-0.1, -0.05) is 12.1 Å². The predicted molar refractivity (Wildman–Crippen MR) is 80.6 cm³/mol. The van der Waals surface area contributed by atoms with Gasteiger partial charge < -0.3 is 0 Å². The normalized spacial score (nSPS) is 10.9. The van der Waals surface area contributed by atoms with E-state index in [0.717, 1.165) is 11.0 Å². The molecule has 4 rings (SSSR count). The Kier molecular flexibility index (Phi) is 2.63. The van der Waals surface area contributed by atoms with Crippen LogP contribution < -0.4 is 0 Å². The highest BCUT2D eigenvalue weighted by molar-refractivity contribution is 5.80. The van der Waals surface area contributed by atoms with Gasteiger partial charge in [-0.2, -0.15) is 5.26 Å². The van der Waals surface area contributed by atoms with Crippen molar-refractivity contribution < 1.29 is 4.39 Å². The minimum Gasteiger partial charge on any atom is -0.284 e. The van der Waals surface area contributed by atoms with Crippen molar-refractivity contribution in [2.75, 3.05) is 0 Å². The summed E-state index contributed by atoms with van der Waals surface area (Å²) in [5.74, 6) is 0.0420. The first-order valence-electron chi connectivity index (χ1n) is 6.70. The number of rotatable bonds is 1. The van der Waals surface area contributed by atoms with Gasteiger partial charge in [-0.25, -0.2) is 14.4 Å².